The lowest BCUT2D eigenvalue weighted by atomic mass is 9.67. The van der Waals surface area contributed by atoms with Crippen LogP contribution in [0.5, 0.6) is 0 Å². The topological polar surface area (TPSA) is 26.3 Å². The van der Waals surface area contributed by atoms with E-state index in [-0.39, 0.29) is 18.0 Å². The molecule has 0 spiro atoms. The van der Waals surface area contributed by atoms with E-state index in [1.165, 1.54) is 19.3 Å². The molecule has 2 heteroatoms. The average Bonchev–Trinajstić information content (AvgIpc) is 2.42. The first kappa shape index (κ1) is 10.0. The highest BCUT2D eigenvalue weighted by Gasteiger charge is 2.47. The highest BCUT2D eigenvalue weighted by atomic mass is 16.6. The van der Waals surface area contributed by atoms with E-state index in [2.05, 4.69) is 13.8 Å². The molecule has 2 aliphatic rings. The monoisotopic (exact) mass is 196 g/mol. The Kier molecular flexibility index (Phi) is 2.32. The molecule has 1 heterocycles. The van der Waals surface area contributed by atoms with Crippen LogP contribution in [0.15, 0.2) is 0 Å². The van der Waals surface area contributed by atoms with Crippen LogP contribution in [0.4, 0.5) is 0 Å². The van der Waals surface area contributed by atoms with Crippen LogP contribution < -0.4 is 0 Å². The summed E-state index contributed by atoms with van der Waals surface area (Å²) in [5, 5.41) is 0. The molecule has 1 aliphatic carbocycles. The maximum atomic E-state index is 11.4. The number of carbonyl (C=O) groups is 1. The lowest BCUT2D eigenvalue weighted by molar-refractivity contribution is -0.145. The Bertz CT molecular complexity index is 249. The van der Waals surface area contributed by atoms with Gasteiger partial charge in [0.25, 0.3) is 0 Å². The van der Waals surface area contributed by atoms with Gasteiger partial charge in [-0.2, -0.15) is 0 Å². The van der Waals surface area contributed by atoms with E-state index < -0.39 is 0 Å². The van der Waals surface area contributed by atoms with E-state index in [4.69, 9.17) is 4.74 Å². The largest absolute Gasteiger partial charge is 0.462 e. The Labute approximate surface area is 86.0 Å². The van der Waals surface area contributed by atoms with Crippen LogP contribution in [0.2, 0.25) is 0 Å². The summed E-state index contributed by atoms with van der Waals surface area (Å²) in [6.45, 7) is 6.57. The number of rotatable bonds is 1. The van der Waals surface area contributed by atoms with Gasteiger partial charge in [-0.1, -0.05) is 27.2 Å². The van der Waals surface area contributed by atoms with Gasteiger partial charge in [0, 0.05) is 5.92 Å². The van der Waals surface area contributed by atoms with Gasteiger partial charge in [-0.25, -0.2) is 0 Å². The Morgan fingerprint density at radius 3 is 2.93 bits per heavy atom. The number of ether oxygens (including phenoxy) is 1. The fraction of sp³-hybridized carbons (Fsp3) is 0.917. The summed E-state index contributed by atoms with van der Waals surface area (Å²) in [5.41, 5.74) is 0.408. The molecule has 4 atom stereocenters. The molecule has 2 rings (SSSR count). The van der Waals surface area contributed by atoms with Crippen LogP contribution in [0.25, 0.3) is 0 Å². The molecule has 0 radical (unpaired) electrons. The number of esters is 1. The minimum Gasteiger partial charge on any atom is -0.462 e. The van der Waals surface area contributed by atoms with E-state index in [9.17, 15) is 4.79 Å². The molecule has 0 bridgehead atoms. The average molecular weight is 196 g/mol. The van der Waals surface area contributed by atoms with Crippen LogP contribution in [0, 0.1) is 17.3 Å². The lowest BCUT2D eigenvalue weighted by Gasteiger charge is -2.38. The van der Waals surface area contributed by atoms with Crippen molar-refractivity contribution in [1.29, 1.82) is 0 Å². The molecular weight excluding hydrogens is 176 g/mol. The highest BCUT2D eigenvalue weighted by Crippen LogP contribution is 2.47. The fourth-order valence-electron chi connectivity index (χ4n) is 2.89. The Morgan fingerprint density at radius 1 is 1.57 bits per heavy atom. The predicted octanol–water partition coefficient (Wildman–Crippen LogP) is 2.76. The van der Waals surface area contributed by atoms with Crippen LogP contribution in [0.3, 0.4) is 0 Å². The second kappa shape index (κ2) is 3.25. The SMILES string of the molecule is CCC1(C)CC[C@@H]2C(C1)OC(=O)C2C. The Morgan fingerprint density at radius 2 is 2.29 bits per heavy atom. The molecule has 1 saturated heterocycles. The summed E-state index contributed by atoms with van der Waals surface area (Å²) >= 11 is 0. The Balaban J connectivity index is 2.10. The molecular formula is C12H20O2. The van der Waals surface area contributed by atoms with Crippen molar-refractivity contribution >= 4 is 5.97 Å². The fourth-order valence-corrected chi connectivity index (χ4v) is 2.89. The molecule has 3 unspecified atom stereocenters. The third-order valence-corrected chi connectivity index (χ3v) is 4.39. The second-order valence-electron chi connectivity index (χ2n) is 5.33. The highest BCUT2D eigenvalue weighted by molar-refractivity contribution is 5.74. The first-order valence-electron chi connectivity index (χ1n) is 5.76. The van der Waals surface area contributed by atoms with Crippen molar-refractivity contribution in [3.8, 4) is 0 Å². The van der Waals surface area contributed by atoms with Gasteiger partial charge in [0.15, 0.2) is 0 Å². The van der Waals surface area contributed by atoms with Gasteiger partial charge in [-0.3, -0.25) is 4.79 Å². The molecule has 1 saturated carbocycles. The third kappa shape index (κ3) is 1.45. The van der Waals surface area contributed by atoms with Crippen LogP contribution in [-0.4, -0.2) is 12.1 Å². The summed E-state index contributed by atoms with van der Waals surface area (Å²) in [6.07, 6.45) is 4.91. The van der Waals surface area contributed by atoms with Crippen LogP contribution in [-0.2, 0) is 9.53 Å². The molecule has 0 aromatic carbocycles. The minimum absolute atomic E-state index is 0.0281. The van der Waals surface area contributed by atoms with Gasteiger partial charge in [0.2, 0.25) is 0 Å². The lowest BCUT2D eigenvalue weighted by Crippen LogP contribution is -2.34. The number of hydrogen-bond acceptors (Lipinski definition) is 2. The smallest absolute Gasteiger partial charge is 0.309 e. The molecule has 0 aromatic heterocycles. The van der Waals surface area contributed by atoms with E-state index in [0.717, 1.165) is 6.42 Å². The van der Waals surface area contributed by atoms with E-state index in [1.807, 2.05) is 6.92 Å². The van der Waals surface area contributed by atoms with E-state index in [0.29, 0.717) is 11.3 Å². The number of carbonyl (C=O) groups excluding carboxylic acids is 1. The molecule has 14 heavy (non-hydrogen) atoms. The molecule has 2 fully saturated rings. The van der Waals surface area contributed by atoms with Crippen LogP contribution in [0.1, 0.15) is 46.5 Å². The summed E-state index contributed by atoms with van der Waals surface area (Å²) < 4.78 is 5.44. The van der Waals surface area contributed by atoms with Crippen LogP contribution >= 0.6 is 0 Å². The number of fused-ring (bicyclic) bond motifs is 1. The van der Waals surface area contributed by atoms with E-state index in [1.54, 1.807) is 0 Å². The maximum absolute atomic E-state index is 11.4. The van der Waals surface area contributed by atoms with Crippen molar-refractivity contribution in [2.24, 2.45) is 17.3 Å². The van der Waals surface area contributed by atoms with Crippen molar-refractivity contribution in [3.63, 3.8) is 0 Å². The molecule has 1 aliphatic heterocycles. The first-order valence-corrected chi connectivity index (χ1v) is 5.76. The minimum atomic E-state index is 0.0281. The van der Waals surface area contributed by atoms with Crippen molar-refractivity contribution < 1.29 is 9.53 Å². The number of hydrogen-bond donors (Lipinski definition) is 0. The van der Waals surface area contributed by atoms with Gasteiger partial charge >= 0.3 is 5.97 Å². The molecule has 2 nitrogen and oxygen atoms in total. The summed E-state index contributed by atoms with van der Waals surface area (Å²) in [7, 11) is 0. The molecule has 0 amide bonds. The van der Waals surface area contributed by atoms with Crippen molar-refractivity contribution in [2.75, 3.05) is 0 Å². The predicted molar refractivity (Wildman–Crippen MR) is 54.8 cm³/mol. The van der Waals surface area contributed by atoms with Crippen molar-refractivity contribution in [1.82, 2.24) is 0 Å². The maximum Gasteiger partial charge on any atom is 0.309 e. The zero-order valence-corrected chi connectivity index (χ0v) is 9.38. The van der Waals surface area contributed by atoms with Gasteiger partial charge in [-0.05, 0) is 24.7 Å². The van der Waals surface area contributed by atoms with Gasteiger partial charge < -0.3 is 4.74 Å². The summed E-state index contributed by atoms with van der Waals surface area (Å²) in [6, 6.07) is 0. The molecule has 80 valence electrons. The van der Waals surface area contributed by atoms with Crippen molar-refractivity contribution in [2.45, 2.75) is 52.6 Å². The first-order chi connectivity index (χ1) is 6.56. The van der Waals surface area contributed by atoms with Gasteiger partial charge in [-0.15, -0.1) is 0 Å². The molecule has 0 aromatic rings. The zero-order chi connectivity index (χ0) is 10.3. The summed E-state index contributed by atoms with van der Waals surface area (Å²) in [4.78, 5) is 11.4. The zero-order valence-electron chi connectivity index (χ0n) is 9.38. The van der Waals surface area contributed by atoms with Crippen molar-refractivity contribution in [3.05, 3.63) is 0 Å². The van der Waals surface area contributed by atoms with Gasteiger partial charge in [0.05, 0.1) is 5.92 Å². The third-order valence-electron chi connectivity index (χ3n) is 4.39. The standard InChI is InChI=1S/C12H20O2/c1-4-12(3)6-5-9-8(2)11(13)14-10(9)7-12/h8-10H,4-7H2,1-3H3/t8?,9-,10?,12?/m0/s1. The van der Waals surface area contributed by atoms with Gasteiger partial charge in [0.1, 0.15) is 6.10 Å². The Hall–Kier alpha value is -0.530. The normalized spacial score (nSPS) is 47.4. The molecule has 0 N–H and O–H groups in total. The van der Waals surface area contributed by atoms with E-state index >= 15 is 0 Å². The quantitative estimate of drug-likeness (QED) is 0.603. The second-order valence-corrected chi connectivity index (χ2v) is 5.33. The summed E-state index contributed by atoms with van der Waals surface area (Å²) in [5.74, 6) is 0.670.